The van der Waals surface area contributed by atoms with Gasteiger partial charge in [0.25, 0.3) is 5.89 Å². The van der Waals surface area contributed by atoms with Gasteiger partial charge in [0.2, 0.25) is 0 Å². The number of methoxy groups -OCH3 is 1. The van der Waals surface area contributed by atoms with E-state index in [-0.39, 0.29) is 6.04 Å². The van der Waals surface area contributed by atoms with Gasteiger partial charge in [-0.2, -0.15) is 4.98 Å². The zero-order valence-corrected chi connectivity index (χ0v) is 19.5. The van der Waals surface area contributed by atoms with Gasteiger partial charge < -0.3 is 24.2 Å². The lowest BCUT2D eigenvalue weighted by atomic mass is 9.95. The second kappa shape index (κ2) is 8.87. The first-order valence-corrected chi connectivity index (χ1v) is 11.5. The van der Waals surface area contributed by atoms with Crippen molar-refractivity contribution in [2.45, 2.75) is 58.2 Å². The van der Waals surface area contributed by atoms with Gasteiger partial charge in [-0.3, -0.25) is 0 Å². The molecule has 3 atom stereocenters. The highest BCUT2D eigenvalue weighted by atomic mass is 19.1. The highest BCUT2D eigenvalue weighted by Gasteiger charge is 2.32. The van der Waals surface area contributed by atoms with E-state index in [2.05, 4.69) is 27.3 Å². The maximum atomic E-state index is 15.1. The van der Waals surface area contributed by atoms with E-state index in [4.69, 9.17) is 19.0 Å². The van der Waals surface area contributed by atoms with Crippen LogP contribution in [-0.2, 0) is 4.74 Å². The topological polar surface area (TPSA) is 85.5 Å². The van der Waals surface area contributed by atoms with E-state index < -0.39 is 5.82 Å². The molecule has 2 fully saturated rings. The summed E-state index contributed by atoms with van der Waals surface area (Å²) in [6.45, 7) is 8.32. The molecular formula is C24H30FN5O3. The first kappa shape index (κ1) is 22.0. The lowest BCUT2D eigenvalue weighted by Crippen LogP contribution is -2.50. The monoisotopic (exact) mass is 455 g/mol. The zero-order valence-electron chi connectivity index (χ0n) is 19.5. The van der Waals surface area contributed by atoms with Crippen molar-refractivity contribution in [2.24, 2.45) is 0 Å². The molecule has 8 nitrogen and oxygen atoms in total. The number of aromatic nitrogens is 3. The number of fused-ring (bicyclic) bond motifs is 1. The number of hydrogen-bond acceptors (Lipinski definition) is 8. The first-order valence-electron chi connectivity index (χ1n) is 11.5. The minimum Gasteiger partial charge on any atom is -0.497 e. The summed E-state index contributed by atoms with van der Waals surface area (Å²) in [5, 5.41) is 8.41. The third-order valence-electron chi connectivity index (χ3n) is 6.78. The van der Waals surface area contributed by atoms with Crippen LogP contribution in [0.15, 0.2) is 16.7 Å². The van der Waals surface area contributed by atoms with Crippen LogP contribution in [0.2, 0.25) is 0 Å². The molecule has 9 heteroatoms. The van der Waals surface area contributed by atoms with Gasteiger partial charge >= 0.3 is 0 Å². The molecular weight excluding hydrogens is 425 g/mol. The highest BCUT2D eigenvalue weighted by Crippen LogP contribution is 2.40. The fourth-order valence-electron chi connectivity index (χ4n) is 5.06. The number of anilines is 1. The molecule has 1 aromatic carbocycles. The number of nitrogens with zero attached hydrogens (tertiary/aromatic N) is 4. The molecule has 1 unspecified atom stereocenters. The number of benzene rings is 1. The molecule has 0 bridgehead atoms. The fourth-order valence-corrected chi connectivity index (χ4v) is 5.06. The average molecular weight is 456 g/mol. The summed E-state index contributed by atoms with van der Waals surface area (Å²) in [5.41, 5.74) is 1.91. The van der Waals surface area contributed by atoms with Crippen LogP contribution in [0.25, 0.3) is 22.4 Å². The van der Waals surface area contributed by atoms with Crippen LogP contribution in [0, 0.1) is 19.7 Å². The van der Waals surface area contributed by atoms with Crippen LogP contribution < -0.4 is 15.0 Å². The molecule has 3 aromatic rings. The molecule has 2 aromatic heterocycles. The summed E-state index contributed by atoms with van der Waals surface area (Å²) in [5.74, 6) is 1.66. The van der Waals surface area contributed by atoms with Crippen molar-refractivity contribution in [2.75, 3.05) is 31.8 Å². The number of halogens is 1. The van der Waals surface area contributed by atoms with Crippen molar-refractivity contribution in [3.05, 3.63) is 29.3 Å². The largest absolute Gasteiger partial charge is 0.497 e. The molecule has 0 radical (unpaired) electrons. The molecule has 33 heavy (non-hydrogen) atoms. The number of pyridine rings is 1. The predicted molar refractivity (Wildman–Crippen MR) is 123 cm³/mol. The Morgan fingerprint density at radius 3 is 2.70 bits per heavy atom. The second-order valence-corrected chi connectivity index (χ2v) is 9.08. The molecule has 0 amide bonds. The van der Waals surface area contributed by atoms with E-state index in [1.807, 2.05) is 6.92 Å². The molecule has 1 N–H and O–H groups in total. The Labute approximate surface area is 192 Å². The molecule has 2 saturated heterocycles. The Balaban J connectivity index is 1.56. The fraction of sp³-hybridized carbons (Fsp3) is 0.542. The highest BCUT2D eigenvalue weighted by molar-refractivity contribution is 5.93. The van der Waals surface area contributed by atoms with E-state index in [0.717, 1.165) is 50.1 Å². The van der Waals surface area contributed by atoms with Crippen LogP contribution in [0.5, 0.6) is 5.75 Å². The van der Waals surface area contributed by atoms with Gasteiger partial charge in [0.1, 0.15) is 17.1 Å². The van der Waals surface area contributed by atoms with Gasteiger partial charge in [0.15, 0.2) is 11.6 Å². The Morgan fingerprint density at radius 1 is 1.18 bits per heavy atom. The van der Waals surface area contributed by atoms with E-state index in [1.54, 1.807) is 13.0 Å². The maximum Gasteiger partial charge on any atom is 0.261 e. The Morgan fingerprint density at radius 2 is 2.03 bits per heavy atom. The van der Waals surface area contributed by atoms with Gasteiger partial charge in [-0.25, -0.2) is 9.37 Å². The summed E-state index contributed by atoms with van der Waals surface area (Å²) in [6, 6.07) is 4.22. The van der Waals surface area contributed by atoms with E-state index in [0.29, 0.717) is 46.3 Å². The predicted octanol–water partition coefficient (Wildman–Crippen LogP) is 3.79. The summed E-state index contributed by atoms with van der Waals surface area (Å²) in [7, 11) is 1.53. The first-order chi connectivity index (χ1) is 15.9. The molecule has 2 aliphatic heterocycles. The molecule has 4 heterocycles. The lowest BCUT2D eigenvalue weighted by Gasteiger charge is -2.40. The third kappa shape index (κ3) is 4.15. The van der Waals surface area contributed by atoms with Crippen molar-refractivity contribution in [3.63, 3.8) is 0 Å². The van der Waals surface area contributed by atoms with Crippen LogP contribution in [0.3, 0.4) is 0 Å². The quantitative estimate of drug-likeness (QED) is 0.622. The van der Waals surface area contributed by atoms with Crippen LogP contribution in [0.1, 0.15) is 37.6 Å². The smallest absolute Gasteiger partial charge is 0.261 e. The van der Waals surface area contributed by atoms with Crippen LogP contribution in [-0.4, -0.2) is 60.1 Å². The SMILES string of the molecule is COc1cc(F)c2nc(N3CC[C@H](NC4CCOC4)C[C@H]3C)c(-c3nc(C)no3)c(C)c2c1. The van der Waals surface area contributed by atoms with Crippen molar-refractivity contribution < 1.29 is 18.4 Å². The van der Waals surface area contributed by atoms with Crippen LogP contribution >= 0.6 is 0 Å². The van der Waals surface area contributed by atoms with Crippen molar-refractivity contribution in [1.29, 1.82) is 0 Å². The van der Waals surface area contributed by atoms with Gasteiger partial charge in [-0.15, -0.1) is 0 Å². The number of rotatable bonds is 5. The molecule has 5 rings (SSSR count). The minimum absolute atomic E-state index is 0.201. The Bertz CT molecular complexity index is 1160. The van der Waals surface area contributed by atoms with Gasteiger partial charge in [0.05, 0.1) is 19.3 Å². The normalized spacial score (nSPS) is 23.4. The zero-order chi connectivity index (χ0) is 23.1. The minimum atomic E-state index is -0.410. The van der Waals surface area contributed by atoms with Gasteiger partial charge in [-0.05, 0) is 51.7 Å². The summed E-state index contributed by atoms with van der Waals surface area (Å²) < 4.78 is 31.4. The number of nitrogens with one attached hydrogen (secondary N) is 1. The Hall–Kier alpha value is -2.78. The lowest BCUT2D eigenvalue weighted by molar-refractivity contribution is 0.185. The van der Waals surface area contributed by atoms with E-state index in [1.165, 1.54) is 13.2 Å². The van der Waals surface area contributed by atoms with E-state index in [9.17, 15) is 0 Å². The number of hydrogen-bond donors (Lipinski definition) is 1. The second-order valence-electron chi connectivity index (χ2n) is 9.08. The van der Waals surface area contributed by atoms with Gasteiger partial charge in [0, 0.05) is 42.7 Å². The molecule has 0 aliphatic carbocycles. The number of piperidine rings is 1. The summed E-state index contributed by atoms with van der Waals surface area (Å²) in [4.78, 5) is 11.6. The molecule has 2 aliphatic rings. The standard InChI is InChI=1S/C24H30FN5O3/c1-13-9-16(27-17-6-8-32-12-17)5-7-30(13)23-21(24-26-15(3)29-33-24)14(2)19-10-18(31-4)11-20(25)22(19)28-23/h10-11,13,16-17,27H,5-9,12H2,1-4H3/t13-,16+,17?/m1/s1. The third-order valence-corrected chi connectivity index (χ3v) is 6.78. The van der Waals surface area contributed by atoms with Crippen molar-refractivity contribution >= 4 is 16.7 Å². The maximum absolute atomic E-state index is 15.1. The van der Waals surface area contributed by atoms with E-state index >= 15 is 4.39 Å². The van der Waals surface area contributed by atoms with Crippen molar-refractivity contribution in [1.82, 2.24) is 20.4 Å². The molecule has 0 spiro atoms. The Kier molecular flexibility index (Phi) is 5.92. The molecule has 176 valence electrons. The van der Waals surface area contributed by atoms with Gasteiger partial charge in [-0.1, -0.05) is 5.16 Å². The number of aryl methyl sites for hydroxylation is 2. The molecule has 0 saturated carbocycles. The summed E-state index contributed by atoms with van der Waals surface area (Å²) in [6.07, 6.45) is 2.99. The average Bonchev–Trinajstić information content (AvgIpc) is 3.46. The number of ether oxygens (including phenoxy) is 2. The van der Waals surface area contributed by atoms with Crippen molar-refractivity contribution in [3.8, 4) is 17.2 Å². The summed E-state index contributed by atoms with van der Waals surface area (Å²) >= 11 is 0. The van der Waals surface area contributed by atoms with Crippen LogP contribution in [0.4, 0.5) is 10.2 Å².